The molecule has 0 unspecified atom stereocenters. The third-order valence-electron chi connectivity index (χ3n) is 2.90. The summed E-state index contributed by atoms with van der Waals surface area (Å²) < 4.78 is 8.45. The molecular weight excluding hydrogens is 292 g/mol. The summed E-state index contributed by atoms with van der Waals surface area (Å²) in [6.07, 6.45) is 0. The first-order valence-corrected chi connectivity index (χ1v) is 7.02. The highest BCUT2D eigenvalue weighted by Crippen LogP contribution is 2.30. The van der Waals surface area contributed by atoms with Crippen LogP contribution in [-0.2, 0) is 6.54 Å². The average Bonchev–Trinajstić information content (AvgIpc) is 2.95. The van der Waals surface area contributed by atoms with Crippen molar-refractivity contribution in [2.24, 2.45) is 0 Å². The molecule has 0 atom stereocenters. The summed E-state index contributed by atoms with van der Waals surface area (Å²) in [4.78, 5) is 0. The molecule has 0 aliphatic rings. The SMILES string of the molecule is N#Cc1cccc(CNc2c(Cl)ccc3nsnc23)c1. The van der Waals surface area contributed by atoms with Crippen LogP contribution in [-0.4, -0.2) is 8.75 Å². The minimum atomic E-state index is 0.575. The number of nitrogens with zero attached hydrogens (tertiary/aromatic N) is 3. The van der Waals surface area contributed by atoms with E-state index in [1.807, 2.05) is 24.3 Å². The highest BCUT2D eigenvalue weighted by atomic mass is 35.5. The summed E-state index contributed by atoms with van der Waals surface area (Å²) in [5.41, 5.74) is 4.04. The molecule has 1 aromatic heterocycles. The van der Waals surface area contributed by atoms with Gasteiger partial charge in [-0.15, -0.1) is 0 Å². The molecule has 0 aliphatic carbocycles. The van der Waals surface area contributed by atoms with Gasteiger partial charge in [-0.05, 0) is 29.8 Å². The molecular formula is C14H9ClN4S. The lowest BCUT2D eigenvalue weighted by atomic mass is 10.1. The van der Waals surface area contributed by atoms with Gasteiger partial charge < -0.3 is 5.32 Å². The number of rotatable bonds is 3. The van der Waals surface area contributed by atoms with E-state index in [9.17, 15) is 0 Å². The van der Waals surface area contributed by atoms with Gasteiger partial charge in [-0.1, -0.05) is 23.7 Å². The Labute approximate surface area is 125 Å². The van der Waals surface area contributed by atoms with Gasteiger partial charge >= 0.3 is 0 Å². The highest BCUT2D eigenvalue weighted by Gasteiger charge is 2.09. The van der Waals surface area contributed by atoms with E-state index in [-0.39, 0.29) is 0 Å². The van der Waals surface area contributed by atoms with Crippen LogP contribution in [0.1, 0.15) is 11.1 Å². The van der Waals surface area contributed by atoms with Crippen LogP contribution in [0, 0.1) is 11.3 Å². The number of nitrogens with one attached hydrogen (secondary N) is 1. The molecule has 98 valence electrons. The predicted molar refractivity (Wildman–Crippen MR) is 80.9 cm³/mol. The van der Waals surface area contributed by atoms with Crippen LogP contribution >= 0.6 is 23.3 Å². The van der Waals surface area contributed by atoms with Crippen molar-refractivity contribution in [2.45, 2.75) is 6.54 Å². The van der Waals surface area contributed by atoms with Gasteiger partial charge in [0.05, 0.1) is 34.1 Å². The molecule has 3 rings (SSSR count). The smallest absolute Gasteiger partial charge is 0.129 e. The molecule has 0 amide bonds. The number of hydrogen-bond acceptors (Lipinski definition) is 5. The molecule has 0 aliphatic heterocycles. The number of hydrogen-bond donors (Lipinski definition) is 1. The molecule has 0 radical (unpaired) electrons. The quantitative estimate of drug-likeness (QED) is 0.798. The van der Waals surface area contributed by atoms with Crippen molar-refractivity contribution in [1.82, 2.24) is 8.75 Å². The maximum Gasteiger partial charge on any atom is 0.129 e. The first kappa shape index (κ1) is 12.9. The Hall–Kier alpha value is -2.16. The molecule has 3 aromatic rings. The zero-order valence-electron chi connectivity index (χ0n) is 10.3. The fraction of sp³-hybridized carbons (Fsp3) is 0.0714. The summed E-state index contributed by atoms with van der Waals surface area (Å²) in [5, 5.41) is 12.8. The Morgan fingerprint density at radius 3 is 3.00 bits per heavy atom. The van der Waals surface area contributed by atoms with Crippen LogP contribution in [0.15, 0.2) is 36.4 Å². The maximum atomic E-state index is 8.90. The molecule has 4 nitrogen and oxygen atoms in total. The molecule has 1 heterocycles. The highest BCUT2D eigenvalue weighted by molar-refractivity contribution is 7.00. The average molecular weight is 301 g/mol. The lowest BCUT2D eigenvalue weighted by Gasteiger charge is -2.09. The van der Waals surface area contributed by atoms with E-state index in [2.05, 4.69) is 20.1 Å². The zero-order chi connectivity index (χ0) is 13.9. The maximum absolute atomic E-state index is 8.90. The number of nitriles is 1. The number of fused-ring (bicyclic) bond motifs is 1. The van der Waals surface area contributed by atoms with Gasteiger partial charge in [0, 0.05) is 6.54 Å². The summed E-state index contributed by atoms with van der Waals surface area (Å²) in [6, 6.07) is 13.2. The molecule has 2 aromatic carbocycles. The minimum absolute atomic E-state index is 0.575. The molecule has 0 saturated carbocycles. The number of halogens is 1. The van der Waals surface area contributed by atoms with Crippen LogP contribution in [0.4, 0.5) is 5.69 Å². The lowest BCUT2D eigenvalue weighted by molar-refractivity contribution is 1.15. The van der Waals surface area contributed by atoms with E-state index in [1.165, 1.54) is 0 Å². The van der Waals surface area contributed by atoms with Crippen LogP contribution in [0.3, 0.4) is 0 Å². The van der Waals surface area contributed by atoms with E-state index in [0.717, 1.165) is 34.0 Å². The van der Waals surface area contributed by atoms with Gasteiger partial charge in [0.15, 0.2) is 0 Å². The topological polar surface area (TPSA) is 61.6 Å². The number of aromatic nitrogens is 2. The molecule has 20 heavy (non-hydrogen) atoms. The van der Waals surface area contributed by atoms with Gasteiger partial charge in [-0.3, -0.25) is 0 Å². The van der Waals surface area contributed by atoms with E-state index in [4.69, 9.17) is 16.9 Å². The fourth-order valence-electron chi connectivity index (χ4n) is 1.94. The van der Waals surface area contributed by atoms with Gasteiger partial charge in [0.2, 0.25) is 0 Å². The summed E-state index contributed by atoms with van der Waals surface area (Å²) in [7, 11) is 0. The van der Waals surface area contributed by atoms with Crippen molar-refractivity contribution in [3.05, 3.63) is 52.5 Å². The van der Waals surface area contributed by atoms with Crippen LogP contribution in [0.25, 0.3) is 11.0 Å². The Morgan fingerprint density at radius 2 is 2.15 bits per heavy atom. The predicted octanol–water partition coefficient (Wildman–Crippen LogP) is 3.83. The first-order chi connectivity index (χ1) is 9.78. The van der Waals surface area contributed by atoms with E-state index >= 15 is 0 Å². The van der Waals surface area contributed by atoms with E-state index in [0.29, 0.717) is 17.1 Å². The molecule has 0 spiro atoms. The van der Waals surface area contributed by atoms with Crippen molar-refractivity contribution < 1.29 is 0 Å². The summed E-state index contributed by atoms with van der Waals surface area (Å²) in [6.45, 7) is 0.575. The van der Waals surface area contributed by atoms with Crippen LogP contribution < -0.4 is 5.32 Å². The van der Waals surface area contributed by atoms with Gasteiger partial charge in [-0.25, -0.2) is 0 Å². The number of benzene rings is 2. The van der Waals surface area contributed by atoms with Crippen LogP contribution in [0.5, 0.6) is 0 Å². The second-order valence-electron chi connectivity index (χ2n) is 4.22. The van der Waals surface area contributed by atoms with Crippen molar-refractivity contribution in [3.63, 3.8) is 0 Å². The lowest BCUT2D eigenvalue weighted by Crippen LogP contribution is -2.01. The second kappa shape index (κ2) is 5.45. The monoisotopic (exact) mass is 300 g/mol. The largest absolute Gasteiger partial charge is 0.378 e. The van der Waals surface area contributed by atoms with E-state index < -0.39 is 0 Å². The van der Waals surface area contributed by atoms with Gasteiger partial charge in [-0.2, -0.15) is 14.0 Å². The Kier molecular flexibility index (Phi) is 3.50. The normalized spacial score (nSPS) is 10.4. The third-order valence-corrected chi connectivity index (χ3v) is 3.76. The minimum Gasteiger partial charge on any atom is -0.378 e. The second-order valence-corrected chi connectivity index (χ2v) is 5.16. The summed E-state index contributed by atoms with van der Waals surface area (Å²) in [5.74, 6) is 0. The Balaban J connectivity index is 1.88. The van der Waals surface area contributed by atoms with Crippen molar-refractivity contribution in [3.8, 4) is 6.07 Å². The summed E-state index contributed by atoms with van der Waals surface area (Å²) >= 11 is 7.37. The van der Waals surface area contributed by atoms with Gasteiger partial charge in [0.25, 0.3) is 0 Å². The Bertz CT molecular complexity index is 806. The van der Waals surface area contributed by atoms with Crippen molar-refractivity contribution in [1.29, 1.82) is 5.26 Å². The standard InChI is InChI=1S/C14H9ClN4S/c15-11-4-5-12-14(19-20-18-12)13(11)17-8-10-3-1-2-9(6-10)7-16/h1-6,17H,8H2. The van der Waals surface area contributed by atoms with E-state index in [1.54, 1.807) is 12.1 Å². The molecule has 0 fully saturated rings. The molecule has 1 N–H and O–H groups in total. The molecule has 0 bridgehead atoms. The molecule has 6 heteroatoms. The fourth-order valence-corrected chi connectivity index (χ4v) is 2.70. The Morgan fingerprint density at radius 1 is 1.25 bits per heavy atom. The zero-order valence-corrected chi connectivity index (χ0v) is 11.9. The molecule has 0 saturated heterocycles. The van der Waals surface area contributed by atoms with Crippen LogP contribution in [0.2, 0.25) is 5.02 Å². The van der Waals surface area contributed by atoms with Crippen molar-refractivity contribution >= 4 is 40.0 Å². The first-order valence-electron chi connectivity index (χ1n) is 5.91. The van der Waals surface area contributed by atoms with Gasteiger partial charge in [0.1, 0.15) is 11.0 Å². The van der Waals surface area contributed by atoms with Crippen molar-refractivity contribution in [2.75, 3.05) is 5.32 Å². The third kappa shape index (κ3) is 2.44. The number of anilines is 1.